The van der Waals surface area contributed by atoms with Crippen LogP contribution < -0.4 is 10.1 Å². The van der Waals surface area contributed by atoms with Gasteiger partial charge in [0.1, 0.15) is 5.75 Å². The van der Waals surface area contributed by atoms with E-state index >= 15 is 0 Å². The Hall–Kier alpha value is -2.73. The summed E-state index contributed by atoms with van der Waals surface area (Å²) in [5, 5.41) is 3.45. The van der Waals surface area contributed by atoms with Gasteiger partial charge in [0, 0.05) is 12.7 Å². The standard InChI is InChI=1S/C20H21N3O2S/c1-14(19(24)22-16-9-11-17(25-3)12-10-16)26-20-21-13-18(23(20)2)15-7-5-4-6-8-15/h4-14H,1-3H3,(H,22,24). The molecule has 2 aromatic carbocycles. The van der Waals surface area contributed by atoms with E-state index in [1.807, 2.05) is 79.3 Å². The molecule has 0 bridgehead atoms. The Labute approximate surface area is 157 Å². The van der Waals surface area contributed by atoms with Gasteiger partial charge in [0.2, 0.25) is 5.91 Å². The molecule has 0 spiro atoms. The van der Waals surface area contributed by atoms with Crippen LogP contribution in [0.25, 0.3) is 11.3 Å². The Morgan fingerprint density at radius 1 is 1.15 bits per heavy atom. The summed E-state index contributed by atoms with van der Waals surface area (Å²) in [6.07, 6.45) is 1.84. The fourth-order valence-corrected chi connectivity index (χ4v) is 3.36. The molecule has 0 radical (unpaired) electrons. The zero-order valence-corrected chi connectivity index (χ0v) is 15.8. The van der Waals surface area contributed by atoms with Crippen molar-refractivity contribution in [3.63, 3.8) is 0 Å². The number of benzene rings is 2. The van der Waals surface area contributed by atoms with E-state index in [-0.39, 0.29) is 11.2 Å². The molecule has 1 amide bonds. The molecule has 0 aliphatic heterocycles. The largest absolute Gasteiger partial charge is 0.497 e. The third-order valence-corrected chi connectivity index (χ3v) is 5.18. The van der Waals surface area contributed by atoms with Crippen molar-refractivity contribution in [3.8, 4) is 17.0 Å². The molecular formula is C20H21N3O2S. The molecule has 1 atom stereocenters. The van der Waals surface area contributed by atoms with Gasteiger partial charge >= 0.3 is 0 Å². The Kier molecular flexibility index (Phi) is 5.63. The highest BCUT2D eigenvalue weighted by Gasteiger charge is 2.18. The highest BCUT2D eigenvalue weighted by Crippen LogP contribution is 2.28. The molecule has 3 aromatic rings. The topological polar surface area (TPSA) is 56.1 Å². The number of nitrogens with one attached hydrogen (secondary N) is 1. The van der Waals surface area contributed by atoms with Crippen molar-refractivity contribution in [2.75, 3.05) is 12.4 Å². The van der Waals surface area contributed by atoms with Gasteiger partial charge in [0.25, 0.3) is 0 Å². The van der Waals surface area contributed by atoms with Crippen LogP contribution in [0.5, 0.6) is 5.75 Å². The molecule has 0 fully saturated rings. The van der Waals surface area contributed by atoms with Crippen molar-refractivity contribution in [2.45, 2.75) is 17.3 Å². The first kappa shape index (κ1) is 18.1. The molecule has 0 saturated heterocycles. The number of amides is 1. The Bertz CT molecular complexity index is 876. The van der Waals surface area contributed by atoms with Crippen LogP contribution in [-0.4, -0.2) is 27.8 Å². The average Bonchev–Trinajstić information content (AvgIpc) is 3.03. The van der Waals surface area contributed by atoms with Gasteiger partial charge < -0.3 is 14.6 Å². The fourth-order valence-electron chi connectivity index (χ4n) is 2.51. The van der Waals surface area contributed by atoms with E-state index in [9.17, 15) is 4.79 Å². The van der Waals surface area contributed by atoms with E-state index in [0.717, 1.165) is 27.9 Å². The number of rotatable bonds is 6. The molecule has 3 rings (SSSR count). The van der Waals surface area contributed by atoms with Gasteiger partial charge in [-0.05, 0) is 36.8 Å². The fraction of sp³-hybridized carbons (Fsp3) is 0.200. The Morgan fingerprint density at radius 3 is 2.50 bits per heavy atom. The molecule has 1 heterocycles. The first-order chi connectivity index (χ1) is 12.6. The summed E-state index contributed by atoms with van der Waals surface area (Å²) in [7, 11) is 3.58. The maximum absolute atomic E-state index is 12.5. The third-order valence-electron chi connectivity index (χ3n) is 4.02. The summed E-state index contributed by atoms with van der Waals surface area (Å²) in [4.78, 5) is 16.9. The number of ether oxygens (including phenoxy) is 1. The lowest BCUT2D eigenvalue weighted by Gasteiger charge is -2.12. The second kappa shape index (κ2) is 8.10. The lowest BCUT2D eigenvalue weighted by atomic mass is 10.2. The van der Waals surface area contributed by atoms with Crippen molar-refractivity contribution in [3.05, 3.63) is 60.8 Å². The smallest absolute Gasteiger partial charge is 0.237 e. The number of nitrogens with zero attached hydrogens (tertiary/aromatic N) is 2. The molecule has 0 aliphatic carbocycles. The van der Waals surface area contributed by atoms with Crippen molar-refractivity contribution in [2.24, 2.45) is 7.05 Å². The number of carbonyl (C=O) groups is 1. The highest BCUT2D eigenvalue weighted by atomic mass is 32.2. The number of carbonyl (C=O) groups excluding carboxylic acids is 1. The summed E-state index contributed by atoms with van der Waals surface area (Å²) < 4.78 is 7.14. The van der Waals surface area contributed by atoms with Crippen LogP contribution in [0.3, 0.4) is 0 Å². The van der Waals surface area contributed by atoms with Crippen molar-refractivity contribution >= 4 is 23.4 Å². The van der Waals surface area contributed by atoms with Crippen LogP contribution in [-0.2, 0) is 11.8 Å². The average molecular weight is 367 g/mol. The Balaban J connectivity index is 1.66. The van der Waals surface area contributed by atoms with Gasteiger partial charge in [0.15, 0.2) is 5.16 Å². The molecule has 1 aromatic heterocycles. The number of hydrogen-bond acceptors (Lipinski definition) is 4. The molecule has 0 aliphatic rings. The summed E-state index contributed by atoms with van der Waals surface area (Å²) in [6, 6.07) is 17.4. The monoisotopic (exact) mass is 367 g/mol. The van der Waals surface area contributed by atoms with Crippen LogP contribution >= 0.6 is 11.8 Å². The minimum absolute atomic E-state index is 0.0653. The number of thioether (sulfide) groups is 1. The van der Waals surface area contributed by atoms with Crippen LogP contribution in [0, 0.1) is 0 Å². The zero-order valence-electron chi connectivity index (χ0n) is 15.0. The van der Waals surface area contributed by atoms with E-state index < -0.39 is 0 Å². The van der Waals surface area contributed by atoms with Gasteiger partial charge in [-0.15, -0.1) is 0 Å². The highest BCUT2D eigenvalue weighted by molar-refractivity contribution is 8.00. The summed E-state index contributed by atoms with van der Waals surface area (Å²) in [5.74, 6) is 0.691. The van der Waals surface area contributed by atoms with Gasteiger partial charge in [-0.25, -0.2) is 4.98 Å². The molecule has 26 heavy (non-hydrogen) atoms. The predicted octanol–water partition coefficient (Wildman–Crippen LogP) is 4.22. The summed E-state index contributed by atoms with van der Waals surface area (Å²) in [5.41, 5.74) is 2.87. The van der Waals surface area contributed by atoms with E-state index in [2.05, 4.69) is 10.3 Å². The Morgan fingerprint density at radius 2 is 1.85 bits per heavy atom. The molecule has 134 valence electrons. The third kappa shape index (κ3) is 4.08. The van der Waals surface area contributed by atoms with Crippen LogP contribution in [0.2, 0.25) is 0 Å². The maximum atomic E-state index is 12.5. The van der Waals surface area contributed by atoms with Gasteiger partial charge in [-0.2, -0.15) is 0 Å². The van der Waals surface area contributed by atoms with E-state index in [1.54, 1.807) is 7.11 Å². The van der Waals surface area contributed by atoms with Crippen LogP contribution in [0.1, 0.15) is 6.92 Å². The summed E-state index contributed by atoms with van der Waals surface area (Å²) in [6.45, 7) is 1.88. The van der Waals surface area contributed by atoms with Gasteiger partial charge in [-0.1, -0.05) is 42.1 Å². The predicted molar refractivity (Wildman–Crippen MR) is 106 cm³/mol. The second-order valence-corrected chi connectivity index (χ2v) is 7.14. The minimum Gasteiger partial charge on any atom is -0.497 e. The number of anilines is 1. The van der Waals surface area contributed by atoms with Crippen LogP contribution in [0.4, 0.5) is 5.69 Å². The molecule has 5 nitrogen and oxygen atoms in total. The van der Waals surface area contributed by atoms with E-state index in [0.29, 0.717) is 0 Å². The molecular weight excluding hydrogens is 346 g/mol. The van der Waals surface area contributed by atoms with Crippen molar-refractivity contribution in [1.29, 1.82) is 0 Å². The quantitative estimate of drug-likeness (QED) is 0.663. The molecule has 6 heteroatoms. The first-order valence-electron chi connectivity index (χ1n) is 8.27. The van der Waals surface area contributed by atoms with Gasteiger partial charge in [0.05, 0.1) is 24.3 Å². The molecule has 1 unspecified atom stereocenters. The number of methoxy groups -OCH3 is 1. The lowest BCUT2D eigenvalue weighted by Crippen LogP contribution is -2.22. The maximum Gasteiger partial charge on any atom is 0.237 e. The van der Waals surface area contributed by atoms with E-state index in [4.69, 9.17) is 4.74 Å². The zero-order chi connectivity index (χ0) is 18.5. The van der Waals surface area contributed by atoms with E-state index in [1.165, 1.54) is 11.8 Å². The van der Waals surface area contributed by atoms with Crippen LogP contribution in [0.15, 0.2) is 66.0 Å². The van der Waals surface area contributed by atoms with Crippen molar-refractivity contribution < 1.29 is 9.53 Å². The number of hydrogen-bond donors (Lipinski definition) is 1. The first-order valence-corrected chi connectivity index (χ1v) is 9.15. The lowest BCUT2D eigenvalue weighted by molar-refractivity contribution is -0.115. The molecule has 0 saturated carbocycles. The number of imidazole rings is 1. The normalized spacial score (nSPS) is 11.8. The SMILES string of the molecule is COc1ccc(NC(=O)C(C)Sc2ncc(-c3ccccc3)n2C)cc1. The second-order valence-electron chi connectivity index (χ2n) is 5.83. The molecule has 1 N–H and O–H groups in total. The van der Waals surface area contributed by atoms with Gasteiger partial charge in [-0.3, -0.25) is 4.79 Å². The number of aromatic nitrogens is 2. The summed E-state index contributed by atoms with van der Waals surface area (Å²) >= 11 is 1.44. The van der Waals surface area contributed by atoms with Crippen molar-refractivity contribution in [1.82, 2.24) is 9.55 Å². The minimum atomic E-state index is -0.276.